The van der Waals surface area contributed by atoms with E-state index in [4.69, 9.17) is 0 Å². The summed E-state index contributed by atoms with van der Waals surface area (Å²) in [5, 5.41) is 2.85. The third kappa shape index (κ3) is 5.90. The van der Waals surface area contributed by atoms with Crippen molar-refractivity contribution in [3.05, 3.63) is 29.8 Å². The van der Waals surface area contributed by atoms with E-state index in [0.29, 0.717) is 23.3 Å². The lowest BCUT2D eigenvalue weighted by Gasteiger charge is -2.35. The van der Waals surface area contributed by atoms with Crippen molar-refractivity contribution in [3.8, 4) is 0 Å². The van der Waals surface area contributed by atoms with E-state index in [-0.39, 0.29) is 11.8 Å². The Kier molecular flexibility index (Phi) is 6.51. The van der Waals surface area contributed by atoms with Gasteiger partial charge in [-0.15, -0.1) is 11.8 Å². The standard InChI is InChI=1S/C18H26N2O2S/c1-13-4-6-16(7-5-13)19-17(21)11-23-12-18(22)20-9-14(2)8-15(3)10-20/h4-7,14-15H,8-12H2,1-3H3,(H,19,21). The van der Waals surface area contributed by atoms with Crippen molar-refractivity contribution in [2.75, 3.05) is 29.9 Å². The number of hydrogen-bond donors (Lipinski definition) is 1. The van der Waals surface area contributed by atoms with Crippen LogP contribution in [0.25, 0.3) is 0 Å². The minimum atomic E-state index is -0.0629. The van der Waals surface area contributed by atoms with Crippen LogP contribution in [0.3, 0.4) is 0 Å². The van der Waals surface area contributed by atoms with Crippen molar-refractivity contribution in [1.29, 1.82) is 0 Å². The van der Waals surface area contributed by atoms with Gasteiger partial charge in [0.1, 0.15) is 0 Å². The first-order chi connectivity index (χ1) is 10.9. The normalized spacial score (nSPS) is 21.1. The molecule has 1 fully saturated rings. The monoisotopic (exact) mass is 334 g/mol. The van der Waals surface area contributed by atoms with E-state index in [1.807, 2.05) is 36.1 Å². The number of hydrogen-bond acceptors (Lipinski definition) is 3. The molecule has 126 valence electrons. The molecule has 0 saturated carbocycles. The first-order valence-electron chi connectivity index (χ1n) is 8.16. The summed E-state index contributed by atoms with van der Waals surface area (Å²) in [6.07, 6.45) is 1.19. The van der Waals surface area contributed by atoms with E-state index < -0.39 is 0 Å². The Morgan fingerprint density at radius 2 is 1.74 bits per heavy atom. The Morgan fingerprint density at radius 3 is 2.35 bits per heavy atom. The molecule has 2 unspecified atom stereocenters. The number of aryl methyl sites for hydroxylation is 1. The van der Waals surface area contributed by atoms with Crippen LogP contribution in [0.4, 0.5) is 5.69 Å². The molecule has 0 radical (unpaired) electrons. The second-order valence-corrected chi connectivity index (χ2v) is 7.64. The van der Waals surface area contributed by atoms with Gasteiger partial charge in [0.05, 0.1) is 11.5 Å². The van der Waals surface area contributed by atoms with Gasteiger partial charge in [-0.05, 0) is 37.3 Å². The van der Waals surface area contributed by atoms with Crippen molar-refractivity contribution in [1.82, 2.24) is 4.90 Å². The second-order valence-electron chi connectivity index (χ2n) is 6.65. The van der Waals surface area contributed by atoms with E-state index in [1.165, 1.54) is 18.2 Å². The van der Waals surface area contributed by atoms with Crippen molar-refractivity contribution in [2.45, 2.75) is 27.2 Å². The SMILES string of the molecule is Cc1ccc(NC(=O)CSCC(=O)N2CC(C)CC(C)C2)cc1. The number of carbonyl (C=O) groups excluding carboxylic acids is 2. The number of thioether (sulfide) groups is 1. The minimum absolute atomic E-state index is 0.0629. The molecule has 0 aromatic heterocycles. The summed E-state index contributed by atoms with van der Waals surface area (Å²) in [7, 11) is 0. The van der Waals surface area contributed by atoms with E-state index in [1.54, 1.807) is 0 Å². The predicted molar refractivity (Wildman–Crippen MR) is 96.7 cm³/mol. The first-order valence-corrected chi connectivity index (χ1v) is 9.31. The summed E-state index contributed by atoms with van der Waals surface area (Å²) in [6.45, 7) is 8.09. The van der Waals surface area contributed by atoms with Crippen molar-refractivity contribution in [2.24, 2.45) is 11.8 Å². The number of anilines is 1. The van der Waals surface area contributed by atoms with Crippen LogP contribution in [0.1, 0.15) is 25.8 Å². The van der Waals surface area contributed by atoms with Gasteiger partial charge in [-0.2, -0.15) is 0 Å². The highest BCUT2D eigenvalue weighted by Crippen LogP contribution is 2.21. The lowest BCUT2D eigenvalue weighted by molar-refractivity contribution is -0.130. The van der Waals surface area contributed by atoms with Gasteiger partial charge in [0.2, 0.25) is 11.8 Å². The Balaban J connectivity index is 1.70. The molecule has 1 saturated heterocycles. The summed E-state index contributed by atoms with van der Waals surface area (Å²) >= 11 is 1.38. The Morgan fingerprint density at radius 1 is 1.13 bits per heavy atom. The maximum atomic E-state index is 12.2. The first kappa shape index (κ1) is 17.9. The van der Waals surface area contributed by atoms with E-state index in [2.05, 4.69) is 19.2 Å². The fourth-order valence-electron chi connectivity index (χ4n) is 3.02. The largest absolute Gasteiger partial charge is 0.341 e. The molecule has 1 heterocycles. The smallest absolute Gasteiger partial charge is 0.234 e. The van der Waals surface area contributed by atoms with Crippen LogP contribution in [0.2, 0.25) is 0 Å². The van der Waals surface area contributed by atoms with Crippen LogP contribution in [0.5, 0.6) is 0 Å². The van der Waals surface area contributed by atoms with Gasteiger partial charge in [-0.1, -0.05) is 31.5 Å². The lowest BCUT2D eigenvalue weighted by atomic mass is 9.92. The van der Waals surface area contributed by atoms with Gasteiger partial charge >= 0.3 is 0 Å². The fraction of sp³-hybridized carbons (Fsp3) is 0.556. The van der Waals surface area contributed by atoms with Crippen LogP contribution in [0.15, 0.2) is 24.3 Å². The summed E-state index contributed by atoms with van der Waals surface area (Å²) < 4.78 is 0. The molecule has 23 heavy (non-hydrogen) atoms. The van der Waals surface area contributed by atoms with Crippen LogP contribution in [0, 0.1) is 18.8 Å². The van der Waals surface area contributed by atoms with Crippen molar-refractivity contribution < 1.29 is 9.59 Å². The topological polar surface area (TPSA) is 49.4 Å². The maximum Gasteiger partial charge on any atom is 0.234 e. The number of nitrogens with zero attached hydrogens (tertiary/aromatic N) is 1. The molecule has 1 N–H and O–H groups in total. The zero-order valence-electron chi connectivity index (χ0n) is 14.2. The highest BCUT2D eigenvalue weighted by atomic mass is 32.2. The van der Waals surface area contributed by atoms with E-state index in [0.717, 1.165) is 24.3 Å². The average molecular weight is 334 g/mol. The molecule has 2 amide bonds. The molecule has 4 nitrogen and oxygen atoms in total. The highest BCUT2D eigenvalue weighted by molar-refractivity contribution is 8.00. The number of piperidine rings is 1. The molecule has 2 atom stereocenters. The number of amides is 2. The number of nitrogens with one attached hydrogen (secondary N) is 1. The van der Waals surface area contributed by atoms with Crippen LogP contribution < -0.4 is 5.32 Å². The molecule has 1 aliphatic heterocycles. The maximum absolute atomic E-state index is 12.2. The van der Waals surface area contributed by atoms with E-state index >= 15 is 0 Å². The molecule has 1 aromatic carbocycles. The van der Waals surface area contributed by atoms with E-state index in [9.17, 15) is 9.59 Å². The zero-order valence-corrected chi connectivity index (χ0v) is 15.0. The van der Waals surface area contributed by atoms with Crippen LogP contribution >= 0.6 is 11.8 Å². The average Bonchev–Trinajstić information content (AvgIpc) is 2.48. The van der Waals surface area contributed by atoms with Crippen molar-refractivity contribution >= 4 is 29.3 Å². The molecule has 2 rings (SSSR count). The van der Waals surface area contributed by atoms with Gasteiger partial charge < -0.3 is 10.2 Å². The molecular formula is C18H26N2O2S. The summed E-state index contributed by atoms with van der Waals surface area (Å²) in [6, 6.07) is 7.70. The summed E-state index contributed by atoms with van der Waals surface area (Å²) in [4.78, 5) is 26.1. The molecule has 0 aliphatic carbocycles. The minimum Gasteiger partial charge on any atom is -0.341 e. The van der Waals surface area contributed by atoms with Gasteiger partial charge in [0, 0.05) is 18.8 Å². The number of rotatable bonds is 5. The van der Waals surface area contributed by atoms with Gasteiger partial charge in [-0.3, -0.25) is 9.59 Å². The van der Waals surface area contributed by atoms with Gasteiger partial charge in [0.25, 0.3) is 0 Å². The molecule has 0 spiro atoms. The predicted octanol–water partition coefficient (Wildman–Crippen LogP) is 3.17. The van der Waals surface area contributed by atoms with Gasteiger partial charge in [-0.25, -0.2) is 0 Å². The molecule has 5 heteroatoms. The summed E-state index contributed by atoms with van der Waals surface area (Å²) in [5.74, 6) is 1.90. The zero-order chi connectivity index (χ0) is 16.8. The van der Waals surface area contributed by atoms with Gasteiger partial charge in [0.15, 0.2) is 0 Å². The molecule has 0 bridgehead atoms. The summed E-state index contributed by atoms with van der Waals surface area (Å²) in [5.41, 5.74) is 1.96. The molecule has 1 aromatic rings. The lowest BCUT2D eigenvalue weighted by Crippen LogP contribution is -2.43. The van der Waals surface area contributed by atoms with Crippen molar-refractivity contribution in [3.63, 3.8) is 0 Å². The number of carbonyl (C=O) groups is 2. The quantitative estimate of drug-likeness (QED) is 0.900. The number of benzene rings is 1. The highest BCUT2D eigenvalue weighted by Gasteiger charge is 2.25. The Hall–Kier alpha value is -1.49. The fourth-order valence-corrected chi connectivity index (χ4v) is 3.74. The third-order valence-electron chi connectivity index (χ3n) is 4.02. The number of likely N-dealkylation sites (tertiary alicyclic amines) is 1. The molecular weight excluding hydrogens is 308 g/mol. The second kappa shape index (κ2) is 8.39. The van der Waals surface area contributed by atoms with Crippen LogP contribution in [-0.2, 0) is 9.59 Å². The molecule has 1 aliphatic rings. The Bertz CT molecular complexity index is 534. The van der Waals surface area contributed by atoms with Crippen LogP contribution in [-0.4, -0.2) is 41.3 Å². The third-order valence-corrected chi connectivity index (χ3v) is 4.93. The Labute approximate surface area is 143 Å².